The average molecular weight is 413 g/mol. The first-order valence-electron chi connectivity index (χ1n) is 10.7. The number of nitrogens with zero attached hydrogens (tertiary/aromatic N) is 4. The van der Waals surface area contributed by atoms with Crippen LogP contribution in [-0.2, 0) is 14.3 Å². The molecule has 0 aromatic carbocycles. The predicted octanol–water partition coefficient (Wildman–Crippen LogP) is 1.18. The molecule has 160 valence electrons. The van der Waals surface area contributed by atoms with E-state index in [1.807, 2.05) is 11.0 Å². The number of rotatable bonds is 5. The molecule has 1 saturated carbocycles. The number of hydrogen-bond donors (Lipinski definition) is 1. The summed E-state index contributed by atoms with van der Waals surface area (Å²) in [7, 11) is 0. The van der Waals surface area contributed by atoms with Crippen LogP contribution in [0.25, 0.3) is 0 Å². The van der Waals surface area contributed by atoms with Crippen LogP contribution in [-0.4, -0.2) is 64.6 Å². The van der Waals surface area contributed by atoms with Gasteiger partial charge in [-0.3, -0.25) is 9.59 Å². The molecule has 1 unspecified atom stereocenters. The zero-order valence-corrected chi connectivity index (χ0v) is 17.0. The van der Waals surface area contributed by atoms with Gasteiger partial charge in [-0.05, 0) is 38.5 Å². The van der Waals surface area contributed by atoms with Gasteiger partial charge in [-0.2, -0.15) is 5.26 Å². The van der Waals surface area contributed by atoms with E-state index in [1.54, 1.807) is 0 Å². The van der Waals surface area contributed by atoms with Gasteiger partial charge in [0.05, 0.1) is 5.92 Å². The van der Waals surface area contributed by atoms with E-state index in [1.165, 1.54) is 12.4 Å². The van der Waals surface area contributed by atoms with E-state index in [9.17, 15) is 9.59 Å². The molecule has 2 aliphatic heterocycles. The fourth-order valence-corrected chi connectivity index (χ4v) is 4.55. The molecule has 2 amide bonds. The first kappa shape index (κ1) is 20.5. The van der Waals surface area contributed by atoms with Gasteiger partial charge in [0.15, 0.2) is 0 Å². The number of nitriles is 1. The molecule has 30 heavy (non-hydrogen) atoms. The molecule has 0 radical (unpaired) electrons. The molecular formula is C21H27N5O4. The first-order chi connectivity index (χ1) is 14.6. The highest BCUT2D eigenvalue weighted by Crippen LogP contribution is 2.27. The lowest BCUT2D eigenvalue weighted by Crippen LogP contribution is -2.44. The van der Waals surface area contributed by atoms with Crippen molar-refractivity contribution < 1.29 is 19.1 Å². The molecule has 2 saturated heterocycles. The summed E-state index contributed by atoms with van der Waals surface area (Å²) in [4.78, 5) is 35.1. The molecule has 9 heteroatoms. The van der Waals surface area contributed by atoms with Crippen molar-refractivity contribution in [3.05, 3.63) is 18.1 Å². The molecule has 1 atom stereocenters. The van der Waals surface area contributed by atoms with Gasteiger partial charge in [-0.25, -0.2) is 9.97 Å². The van der Waals surface area contributed by atoms with Crippen molar-refractivity contribution in [2.75, 3.05) is 19.8 Å². The molecule has 3 fully saturated rings. The number of amides is 2. The monoisotopic (exact) mass is 413 g/mol. The number of likely N-dealkylation sites (tertiary alicyclic amines) is 1. The number of nitrogens with one attached hydrogen (secondary N) is 1. The topological polar surface area (TPSA) is 117 Å². The van der Waals surface area contributed by atoms with E-state index < -0.39 is 0 Å². The van der Waals surface area contributed by atoms with Crippen molar-refractivity contribution in [3.63, 3.8) is 0 Å². The van der Waals surface area contributed by atoms with Gasteiger partial charge in [0.1, 0.15) is 12.2 Å². The minimum Gasteiger partial charge on any atom is -0.472 e. The van der Waals surface area contributed by atoms with Crippen molar-refractivity contribution in [2.45, 2.75) is 63.1 Å². The number of carbonyl (C=O) groups is 2. The lowest BCUT2D eigenvalue weighted by molar-refractivity contribution is -0.131. The second-order valence-corrected chi connectivity index (χ2v) is 8.21. The minimum atomic E-state index is -0.271. The summed E-state index contributed by atoms with van der Waals surface area (Å²) in [6, 6.07) is 2.28. The first-order valence-corrected chi connectivity index (χ1v) is 10.7. The molecule has 1 aromatic rings. The van der Waals surface area contributed by atoms with Gasteiger partial charge >= 0.3 is 0 Å². The Hall–Kier alpha value is -2.73. The Morgan fingerprint density at radius 3 is 2.63 bits per heavy atom. The van der Waals surface area contributed by atoms with Crippen LogP contribution in [0.5, 0.6) is 5.88 Å². The second kappa shape index (κ2) is 9.39. The molecule has 1 N–H and O–H groups in total. The largest absolute Gasteiger partial charge is 0.472 e. The molecule has 3 aliphatic rings. The van der Waals surface area contributed by atoms with E-state index in [2.05, 4.69) is 15.3 Å². The molecule has 3 heterocycles. The van der Waals surface area contributed by atoms with E-state index in [0.29, 0.717) is 26.2 Å². The number of hydrogen-bond acceptors (Lipinski definition) is 7. The van der Waals surface area contributed by atoms with Gasteiger partial charge in [-0.15, -0.1) is 0 Å². The van der Waals surface area contributed by atoms with Crippen LogP contribution in [0.2, 0.25) is 0 Å². The van der Waals surface area contributed by atoms with Crippen LogP contribution in [0.3, 0.4) is 0 Å². The van der Waals surface area contributed by atoms with Crippen molar-refractivity contribution in [2.24, 2.45) is 5.92 Å². The molecule has 0 spiro atoms. The van der Waals surface area contributed by atoms with Crippen molar-refractivity contribution in [1.29, 1.82) is 5.26 Å². The Kier molecular flexibility index (Phi) is 6.43. The Balaban J connectivity index is 1.23. The van der Waals surface area contributed by atoms with Gasteiger partial charge in [0, 0.05) is 50.7 Å². The summed E-state index contributed by atoms with van der Waals surface area (Å²) in [5, 5.41) is 12.2. The standard InChI is InChI=1S/C21H27N5O4/c22-12-18-21(24-8-7-23-18)30-17-3-1-15(2-4-17)25-20(28)14-11-19(27)26(13-14)16-5-9-29-10-6-16/h7-8,14-17H,1-6,9-11,13H2,(H,25,28). The molecule has 1 aliphatic carbocycles. The summed E-state index contributed by atoms with van der Waals surface area (Å²) in [5.41, 5.74) is 0.188. The lowest BCUT2D eigenvalue weighted by atomic mass is 9.92. The van der Waals surface area contributed by atoms with E-state index >= 15 is 0 Å². The average Bonchev–Trinajstić information content (AvgIpc) is 3.18. The molecule has 4 rings (SSSR count). The summed E-state index contributed by atoms with van der Waals surface area (Å²) in [6.45, 7) is 1.87. The van der Waals surface area contributed by atoms with Crippen LogP contribution in [0.15, 0.2) is 12.4 Å². The van der Waals surface area contributed by atoms with E-state index in [4.69, 9.17) is 14.7 Å². The molecular weight excluding hydrogens is 386 g/mol. The number of carbonyl (C=O) groups excluding carboxylic acids is 2. The Labute approximate surface area is 175 Å². The normalized spacial score (nSPS) is 27.5. The zero-order valence-electron chi connectivity index (χ0n) is 17.0. The van der Waals surface area contributed by atoms with Gasteiger partial charge in [-0.1, -0.05) is 0 Å². The smallest absolute Gasteiger partial charge is 0.251 e. The highest BCUT2D eigenvalue weighted by Gasteiger charge is 2.39. The third-order valence-corrected chi connectivity index (χ3v) is 6.23. The summed E-state index contributed by atoms with van der Waals surface area (Å²) in [5.74, 6) is 0.0525. The van der Waals surface area contributed by atoms with Gasteiger partial charge in [0.25, 0.3) is 5.88 Å². The van der Waals surface area contributed by atoms with E-state index in [0.717, 1.165) is 38.5 Å². The molecule has 1 aromatic heterocycles. The maximum atomic E-state index is 12.7. The minimum absolute atomic E-state index is 0.0250. The summed E-state index contributed by atoms with van der Waals surface area (Å²) in [6.07, 6.45) is 8.06. The highest BCUT2D eigenvalue weighted by atomic mass is 16.5. The van der Waals surface area contributed by atoms with E-state index in [-0.39, 0.29) is 47.5 Å². The Morgan fingerprint density at radius 2 is 1.90 bits per heavy atom. The molecule has 9 nitrogen and oxygen atoms in total. The summed E-state index contributed by atoms with van der Waals surface area (Å²) < 4.78 is 11.2. The third-order valence-electron chi connectivity index (χ3n) is 6.23. The third kappa shape index (κ3) is 4.70. The SMILES string of the molecule is N#Cc1nccnc1OC1CCC(NC(=O)C2CC(=O)N(C3CCOCC3)C2)CC1. The fraction of sp³-hybridized carbons (Fsp3) is 0.667. The Bertz CT molecular complexity index is 812. The van der Waals surface area contributed by atoms with Crippen LogP contribution in [0, 0.1) is 17.2 Å². The maximum absolute atomic E-state index is 12.7. The lowest BCUT2D eigenvalue weighted by Gasteiger charge is -2.31. The highest BCUT2D eigenvalue weighted by molar-refractivity contribution is 5.89. The summed E-state index contributed by atoms with van der Waals surface area (Å²) >= 11 is 0. The maximum Gasteiger partial charge on any atom is 0.251 e. The number of aromatic nitrogens is 2. The number of ether oxygens (including phenoxy) is 2. The second-order valence-electron chi connectivity index (χ2n) is 8.21. The van der Waals surface area contributed by atoms with Crippen molar-refractivity contribution in [3.8, 4) is 11.9 Å². The van der Waals surface area contributed by atoms with Crippen LogP contribution in [0.4, 0.5) is 0 Å². The predicted molar refractivity (Wildman–Crippen MR) is 105 cm³/mol. The van der Waals surface area contributed by atoms with Crippen LogP contribution in [0.1, 0.15) is 50.6 Å². The zero-order chi connectivity index (χ0) is 20.9. The quantitative estimate of drug-likeness (QED) is 0.770. The Morgan fingerprint density at radius 1 is 1.17 bits per heavy atom. The van der Waals surface area contributed by atoms with Crippen molar-refractivity contribution >= 4 is 11.8 Å². The van der Waals surface area contributed by atoms with Gasteiger partial charge in [0.2, 0.25) is 17.5 Å². The van der Waals surface area contributed by atoms with Gasteiger partial charge < -0.3 is 19.7 Å². The van der Waals surface area contributed by atoms with Crippen LogP contribution >= 0.6 is 0 Å². The fourth-order valence-electron chi connectivity index (χ4n) is 4.55. The molecule has 0 bridgehead atoms. The van der Waals surface area contributed by atoms with Crippen molar-refractivity contribution in [1.82, 2.24) is 20.2 Å². The van der Waals surface area contributed by atoms with Crippen LogP contribution < -0.4 is 10.1 Å².